The number of nitrogens with zero attached hydrogens (tertiary/aromatic N) is 2. The molecule has 0 amide bonds. The van der Waals surface area contributed by atoms with Crippen molar-refractivity contribution in [1.82, 2.24) is 4.98 Å². The maximum absolute atomic E-state index is 5.11. The Kier molecular flexibility index (Phi) is 5.55. The van der Waals surface area contributed by atoms with E-state index in [0.717, 1.165) is 61.6 Å². The van der Waals surface area contributed by atoms with Gasteiger partial charge >= 0.3 is 0 Å². The van der Waals surface area contributed by atoms with Gasteiger partial charge in [-0.3, -0.25) is 0 Å². The molecule has 0 aliphatic heterocycles. The Labute approximate surface area is 210 Å². The molecule has 1 heterocycles. The summed E-state index contributed by atoms with van der Waals surface area (Å²) in [6.45, 7) is 4.25. The summed E-state index contributed by atoms with van der Waals surface area (Å²) in [5, 5.41) is 7.18. The Bertz CT molecular complexity index is 1570. The van der Waals surface area contributed by atoms with E-state index in [2.05, 4.69) is 108 Å². The smallest absolute Gasteiger partial charge is 0.239 e. The third-order valence-electron chi connectivity index (χ3n) is 6.49. The molecule has 0 spiro atoms. The number of nitrogens with one attached hydrogen (secondary N) is 2. The van der Waals surface area contributed by atoms with E-state index < -0.39 is 0 Å². The van der Waals surface area contributed by atoms with Crippen molar-refractivity contribution in [2.75, 3.05) is 10.6 Å². The molecule has 0 saturated heterocycles. The SMILES string of the molecule is Cc1cc2nc3cc(C)c(Nc4ccccc4)cc3[n+](-c3ccccc3)c2cc1Nc1ccccc1. The zero-order valence-corrected chi connectivity index (χ0v) is 20.4. The minimum absolute atomic E-state index is 0.964. The van der Waals surface area contributed by atoms with Crippen molar-refractivity contribution < 1.29 is 4.57 Å². The summed E-state index contributed by atoms with van der Waals surface area (Å²) in [6, 6.07) is 39.8. The van der Waals surface area contributed by atoms with Crippen LogP contribution in [0.4, 0.5) is 22.7 Å². The van der Waals surface area contributed by atoms with Crippen LogP contribution in [-0.4, -0.2) is 4.98 Å². The highest BCUT2D eigenvalue weighted by Gasteiger charge is 2.22. The van der Waals surface area contributed by atoms with Gasteiger partial charge in [-0.25, -0.2) is 4.98 Å². The van der Waals surface area contributed by atoms with Gasteiger partial charge in [0.2, 0.25) is 16.7 Å². The summed E-state index contributed by atoms with van der Waals surface area (Å²) in [5.41, 5.74) is 11.7. The van der Waals surface area contributed by atoms with Gasteiger partial charge in [-0.15, -0.1) is 4.57 Å². The summed E-state index contributed by atoms with van der Waals surface area (Å²) in [7, 11) is 0. The van der Waals surface area contributed by atoms with Gasteiger partial charge in [0, 0.05) is 47.0 Å². The summed E-state index contributed by atoms with van der Waals surface area (Å²) in [6.07, 6.45) is 0. The maximum atomic E-state index is 5.11. The molecule has 174 valence electrons. The lowest BCUT2D eigenvalue weighted by Crippen LogP contribution is -2.33. The van der Waals surface area contributed by atoms with Crippen molar-refractivity contribution in [2.24, 2.45) is 0 Å². The molecule has 0 unspecified atom stereocenters. The van der Waals surface area contributed by atoms with Crippen molar-refractivity contribution in [3.8, 4) is 5.69 Å². The number of rotatable bonds is 5. The zero-order valence-electron chi connectivity index (χ0n) is 20.4. The van der Waals surface area contributed by atoms with Crippen LogP contribution in [0.2, 0.25) is 0 Å². The predicted octanol–water partition coefficient (Wildman–Crippen LogP) is 7.77. The van der Waals surface area contributed by atoms with Gasteiger partial charge in [-0.1, -0.05) is 54.6 Å². The van der Waals surface area contributed by atoms with Gasteiger partial charge in [-0.05, 0) is 61.4 Å². The van der Waals surface area contributed by atoms with Crippen molar-refractivity contribution in [3.05, 3.63) is 126 Å². The number of fused-ring (bicyclic) bond motifs is 2. The largest absolute Gasteiger partial charge is 0.355 e. The van der Waals surface area contributed by atoms with Gasteiger partial charge in [0.15, 0.2) is 0 Å². The molecule has 0 aliphatic rings. The lowest BCUT2D eigenvalue weighted by atomic mass is 10.1. The summed E-state index contributed by atoms with van der Waals surface area (Å²) in [5.74, 6) is 0. The molecular weight excluding hydrogens is 440 g/mol. The Morgan fingerprint density at radius 1 is 0.528 bits per heavy atom. The summed E-state index contributed by atoms with van der Waals surface area (Å²) >= 11 is 0. The molecule has 0 atom stereocenters. The molecule has 0 radical (unpaired) electrons. The highest BCUT2D eigenvalue weighted by atomic mass is 15.0. The van der Waals surface area contributed by atoms with E-state index in [9.17, 15) is 0 Å². The summed E-state index contributed by atoms with van der Waals surface area (Å²) in [4.78, 5) is 5.11. The van der Waals surface area contributed by atoms with E-state index in [1.54, 1.807) is 0 Å². The second-order valence-electron chi connectivity index (χ2n) is 9.08. The molecule has 1 aromatic heterocycles. The van der Waals surface area contributed by atoms with Crippen molar-refractivity contribution >= 4 is 44.8 Å². The molecule has 6 rings (SSSR count). The van der Waals surface area contributed by atoms with Crippen LogP contribution in [0.25, 0.3) is 27.8 Å². The van der Waals surface area contributed by atoms with Crippen molar-refractivity contribution in [2.45, 2.75) is 13.8 Å². The molecule has 5 aromatic carbocycles. The molecule has 0 saturated carbocycles. The molecule has 0 aliphatic carbocycles. The van der Waals surface area contributed by atoms with Crippen LogP contribution in [0.1, 0.15) is 11.1 Å². The molecular formula is C32H27N4+. The number of aryl methyl sites for hydroxylation is 2. The Hall–Kier alpha value is -4.70. The quantitative estimate of drug-likeness (QED) is 0.201. The first-order valence-electron chi connectivity index (χ1n) is 12.2. The fourth-order valence-corrected chi connectivity index (χ4v) is 4.64. The van der Waals surface area contributed by atoms with E-state index in [0.29, 0.717) is 0 Å². The fraction of sp³-hybridized carbons (Fsp3) is 0.0625. The fourth-order valence-electron chi connectivity index (χ4n) is 4.64. The van der Waals surface area contributed by atoms with Gasteiger partial charge in [0.1, 0.15) is 11.0 Å². The van der Waals surface area contributed by atoms with Crippen LogP contribution >= 0.6 is 0 Å². The van der Waals surface area contributed by atoms with Crippen LogP contribution in [-0.2, 0) is 0 Å². The van der Waals surface area contributed by atoms with Crippen molar-refractivity contribution in [1.29, 1.82) is 0 Å². The third-order valence-corrected chi connectivity index (χ3v) is 6.49. The molecule has 0 bridgehead atoms. The molecule has 6 aromatic rings. The number of hydrogen-bond acceptors (Lipinski definition) is 3. The average molecular weight is 468 g/mol. The number of para-hydroxylation sites is 3. The molecule has 4 heteroatoms. The Morgan fingerprint density at radius 2 is 0.944 bits per heavy atom. The van der Waals surface area contributed by atoms with Gasteiger partial charge in [-0.2, -0.15) is 0 Å². The van der Waals surface area contributed by atoms with E-state index in [1.807, 2.05) is 36.4 Å². The Morgan fingerprint density at radius 3 is 1.39 bits per heavy atom. The van der Waals surface area contributed by atoms with Crippen LogP contribution < -0.4 is 15.2 Å². The standard InChI is InChI=1S/C32H26N4/c1-22-18-29-31(20-27(22)33-24-12-6-3-7-13-24)36(26-16-10-5-11-17-26)32-21-28(23(2)19-30(32)35-29)34-25-14-8-4-9-15-25/h3-21H,1-2H3,(H,33,34)/p+1. The van der Waals surface area contributed by atoms with Crippen LogP contribution in [0.5, 0.6) is 0 Å². The number of hydrogen-bond donors (Lipinski definition) is 2. The average Bonchev–Trinajstić information content (AvgIpc) is 2.90. The van der Waals surface area contributed by atoms with Crippen molar-refractivity contribution in [3.63, 3.8) is 0 Å². The molecule has 0 fully saturated rings. The first kappa shape index (κ1) is 21.8. The number of aromatic nitrogens is 2. The minimum Gasteiger partial charge on any atom is -0.355 e. The van der Waals surface area contributed by atoms with Gasteiger partial charge in [0.25, 0.3) is 0 Å². The van der Waals surface area contributed by atoms with Gasteiger partial charge in [0.05, 0.1) is 0 Å². The van der Waals surface area contributed by atoms with Crippen LogP contribution in [0.3, 0.4) is 0 Å². The highest BCUT2D eigenvalue weighted by molar-refractivity contribution is 5.88. The zero-order chi connectivity index (χ0) is 24.5. The van der Waals surface area contributed by atoms with E-state index >= 15 is 0 Å². The second kappa shape index (κ2) is 9.16. The number of benzene rings is 5. The topological polar surface area (TPSA) is 40.8 Å². The first-order chi connectivity index (χ1) is 17.7. The van der Waals surface area contributed by atoms with Crippen LogP contribution in [0, 0.1) is 13.8 Å². The minimum atomic E-state index is 0.964. The first-order valence-corrected chi connectivity index (χ1v) is 12.2. The lowest BCUT2D eigenvalue weighted by molar-refractivity contribution is -0.538. The molecule has 4 nitrogen and oxygen atoms in total. The van der Waals surface area contributed by atoms with E-state index in [-0.39, 0.29) is 0 Å². The maximum Gasteiger partial charge on any atom is 0.239 e. The molecule has 36 heavy (non-hydrogen) atoms. The normalized spacial score (nSPS) is 11.1. The molecule has 2 N–H and O–H groups in total. The predicted molar refractivity (Wildman–Crippen MR) is 150 cm³/mol. The third kappa shape index (κ3) is 4.14. The van der Waals surface area contributed by atoms with Crippen LogP contribution in [0.15, 0.2) is 115 Å². The summed E-state index contributed by atoms with van der Waals surface area (Å²) < 4.78 is 2.31. The Balaban J connectivity index is 1.60. The second-order valence-corrected chi connectivity index (χ2v) is 9.08. The number of anilines is 4. The van der Waals surface area contributed by atoms with E-state index in [1.165, 1.54) is 0 Å². The monoisotopic (exact) mass is 467 g/mol. The van der Waals surface area contributed by atoms with E-state index in [4.69, 9.17) is 4.98 Å². The lowest BCUT2D eigenvalue weighted by Gasteiger charge is -2.13. The highest BCUT2D eigenvalue weighted by Crippen LogP contribution is 2.29. The van der Waals surface area contributed by atoms with Gasteiger partial charge < -0.3 is 10.6 Å².